The molecular weight excluding hydrogens is 466 g/mol. The number of rotatable bonds is 6. The minimum absolute atomic E-state index is 0.160. The smallest absolute Gasteiger partial charge is 0.255 e. The Hall–Kier alpha value is -4.72. The van der Waals surface area contributed by atoms with Gasteiger partial charge in [0.2, 0.25) is 0 Å². The highest BCUT2D eigenvalue weighted by atomic mass is 19.2. The average Bonchev–Trinajstić information content (AvgIpc) is 2.89. The number of hydrogen-bond donors (Lipinski definition) is 1. The molecule has 1 aromatic heterocycles. The lowest BCUT2D eigenvalue weighted by atomic mass is 10.1. The van der Waals surface area contributed by atoms with Crippen LogP contribution < -0.4 is 19.5 Å². The molecule has 0 aliphatic carbocycles. The van der Waals surface area contributed by atoms with Crippen LogP contribution in [-0.4, -0.2) is 25.1 Å². The van der Waals surface area contributed by atoms with Crippen molar-refractivity contribution in [3.8, 4) is 23.0 Å². The monoisotopic (exact) mass is 486 g/mol. The van der Waals surface area contributed by atoms with E-state index in [1.165, 1.54) is 6.07 Å². The zero-order valence-corrected chi connectivity index (χ0v) is 19.3. The maximum absolute atomic E-state index is 13.5. The fraction of sp³-hybridized carbons (Fsp3) is 0.0714. The van der Waals surface area contributed by atoms with E-state index in [0.717, 1.165) is 28.3 Å². The first-order chi connectivity index (χ1) is 17.4. The molecule has 0 aliphatic rings. The number of aromatic nitrogens is 1. The maximum Gasteiger partial charge on any atom is 0.255 e. The van der Waals surface area contributed by atoms with Gasteiger partial charge in [0.1, 0.15) is 11.5 Å². The highest BCUT2D eigenvalue weighted by Gasteiger charge is 2.13. The molecule has 0 fully saturated rings. The molecule has 1 heterocycles. The molecule has 180 valence electrons. The average molecular weight is 486 g/mol. The summed E-state index contributed by atoms with van der Waals surface area (Å²) in [5, 5.41) is 4.99. The minimum Gasteiger partial charge on any atom is -0.493 e. The van der Waals surface area contributed by atoms with Crippen molar-refractivity contribution in [2.24, 2.45) is 0 Å². The van der Waals surface area contributed by atoms with Gasteiger partial charge in [-0.3, -0.25) is 9.78 Å². The van der Waals surface area contributed by atoms with Gasteiger partial charge in [-0.1, -0.05) is 12.1 Å². The zero-order chi connectivity index (χ0) is 25.2. The van der Waals surface area contributed by atoms with Crippen molar-refractivity contribution in [2.75, 3.05) is 19.5 Å². The predicted molar refractivity (Wildman–Crippen MR) is 133 cm³/mol. The molecule has 0 saturated heterocycles. The van der Waals surface area contributed by atoms with Crippen LogP contribution in [0.4, 0.5) is 14.5 Å². The lowest BCUT2D eigenvalue weighted by Crippen LogP contribution is -2.12. The number of pyridine rings is 1. The van der Waals surface area contributed by atoms with Crippen molar-refractivity contribution in [2.45, 2.75) is 0 Å². The van der Waals surface area contributed by atoms with Crippen molar-refractivity contribution in [1.82, 2.24) is 4.98 Å². The number of carbonyl (C=O) groups excluding carboxylic acids is 1. The Morgan fingerprint density at radius 3 is 2.33 bits per heavy atom. The molecule has 0 spiro atoms. The van der Waals surface area contributed by atoms with Gasteiger partial charge in [0.25, 0.3) is 5.91 Å². The number of carbonyl (C=O) groups is 1. The van der Waals surface area contributed by atoms with E-state index < -0.39 is 17.5 Å². The molecule has 0 saturated carbocycles. The van der Waals surface area contributed by atoms with Crippen molar-refractivity contribution >= 4 is 33.3 Å². The van der Waals surface area contributed by atoms with Crippen LogP contribution in [0.2, 0.25) is 0 Å². The number of methoxy groups -OCH3 is 2. The molecule has 1 N–H and O–H groups in total. The molecule has 4 aromatic carbocycles. The van der Waals surface area contributed by atoms with Crippen molar-refractivity contribution in [3.63, 3.8) is 0 Å². The number of halogens is 2. The molecule has 0 atom stereocenters. The second-order valence-electron chi connectivity index (χ2n) is 7.94. The SMILES string of the molecule is COc1cc2nccc(Oc3ccc4ccc(C(=O)Nc5ccc(F)c(F)c5)cc4c3)c2cc1OC. The van der Waals surface area contributed by atoms with E-state index in [4.69, 9.17) is 14.2 Å². The van der Waals surface area contributed by atoms with E-state index in [2.05, 4.69) is 10.3 Å². The Morgan fingerprint density at radius 2 is 1.56 bits per heavy atom. The number of benzene rings is 4. The Kier molecular flexibility index (Phi) is 6.08. The molecule has 0 unspecified atom stereocenters. The summed E-state index contributed by atoms with van der Waals surface area (Å²) >= 11 is 0. The standard InChI is InChI=1S/C28H20F2N2O4/c1-34-26-14-21-24(15-27(26)35-2)31-10-9-25(21)36-20-7-5-16-3-4-17(11-18(16)12-20)28(33)32-19-6-8-22(29)23(30)13-19/h3-15H,1-2H3,(H,32,33). The normalized spacial score (nSPS) is 10.9. The molecule has 8 heteroatoms. The van der Waals surface area contributed by atoms with Crippen LogP contribution in [0.3, 0.4) is 0 Å². The van der Waals surface area contributed by atoms with E-state index in [-0.39, 0.29) is 5.69 Å². The van der Waals surface area contributed by atoms with E-state index in [0.29, 0.717) is 34.1 Å². The molecule has 36 heavy (non-hydrogen) atoms. The summed E-state index contributed by atoms with van der Waals surface area (Å²) in [5.41, 5.74) is 1.20. The Morgan fingerprint density at radius 1 is 0.778 bits per heavy atom. The summed E-state index contributed by atoms with van der Waals surface area (Å²) in [6, 6.07) is 19.2. The summed E-state index contributed by atoms with van der Waals surface area (Å²) in [5.74, 6) is -0.211. The first-order valence-electron chi connectivity index (χ1n) is 10.9. The van der Waals surface area contributed by atoms with Gasteiger partial charge in [-0.15, -0.1) is 0 Å². The van der Waals surface area contributed by atoms with Crippen LogP contribution in [-0.2, 0) is 0 Å². The molecule has 0 radical (unpaired) electrons. The van der Waals surface area contributed by atoms with Gasteiger partial charge in [-0.25, -0.2) is 8.78 Å². The van der Waals surface area contributed by atoms with Crippen molar-refractivity contribution < 1.29 is 27.8 Å². The largest absolute Gasteiger partial charge is 0.493 e. The summed E-state index contributed by atoms with van der Waals surface area (Å²) in [7, 11) is 3.12. The Bertz CT molecular complexity index is 1620. The van der Waals surface area contributed by atoms with Crippen LogP contribution >= 0.6 is 0 Å². The molecule has 0 bridgehead atoms. The molecule has 1 amide bonds. The first kappa shape index (κ1) is 23.0. The number of anilines is 1. The fourth-order valence-electron chi connectivity index (χ4n) is 3.87. The summed E-state index contributed by atoms with van der Waals surface area (Å²) in [6.45, 7) is 0. The lowest BCUT2D eigenvalue weighted by Gasteiger charge is -2.13. The summed E-state index contributed by atoms with van der Waals surface area (Å²) in [4.78, 5) is 17.1. The van der Waals surface area contributed by atoms with Gasteiger partial charge in [-0.05, 0) is 59.3 Å². The van der Waals surface area contributed by atoms with Gasteiger partial charge in [0, 0.05) is 35.0 Å². The van der Waals surface area contributed by atoms with Crippen LogP contribution in [0.5, 0.6) is 23.0 Å². The second kappa shape index (κ2) is 9.50. The summed E-state index contributed by atoms with van der Waals surface area (Å²) < 4.78 is 43.6. The van der Waals surface area contributed by atoms with Crippen LogP contribution in [0.25, 0.3) is 21.7 Å². The zero-order valence-electron chi connectivity index (χ0n) is 19.3. The van der Waals surface area contributed by atoms with Gasteiger partial charge in [0.15, 0.2) is 23.1 Å². The Labute approximate surface area is 205 Å². The summed E-state index contributed by atoms with van der Waals surface area (Å²) in [6.07, 6.45) is 1.64. The fourth-order valence-corrected chi connectivity index (χ4v) is 3.87. The predicted octanol–water partition coefficient (Wildman–Crippen LogP) is 6.73. The van der Waals surface area contributed by atoms with Crippen molar-refractivity contribution in [3.05, 3.63) is 96.2 Å². The molecule has 5 rings (SSSR count). The third-order valence-electron chi connectivity index (χ3n) is 5.69. The topological polar surface area (TPSA) is 69.7 Å². The van der Waals surface area contributed by atoms with E-state index in [1.807, 2.05) is 18.2 Å². The molecular formula is C28H20F2N2O4. The van der Waals surface area contributed by atoms with E-state index in [1.54, 1.807) is 56.8 Å². The highest BCUT2D eigenvalue weighted by molar-refractivity contribution is 6.06. The lowest BCUT2D eigenvalue weighted by molar-refractivity contribution is 0.102. The van der Waals surface area contributed by atoms with Gasteiger partial charge in [0.05, 0.1) is 19.7 Å². The van der Waals surface area contributed by atoms with Crippen LogP contribution in [0, 0.1) is 11.6 Å². The number of hydrogen-bond acceptors (Lipinski definition) is 5. The number of nitrogens with one attached hydrogen (secondary N) is 1. The molecule has 0 aliphatic heterocycles. The third-order valence-corrected chi connectivity index (χ3v) is 5.69. The number of fused-ring (bicyclic) bond motifs is 2. The number of nitrogens with zero attached hydrogens (tertiary/aromatic N) is 1. The van der Waals surface area contributed by atoms with Gasteiger partial charge < -0.3 is 19.5 Å². The van der Waals surface area contributed by atoms with E-state index in [9.17, 15) is 13.6 Å². The molecule has 5 aromatic rings. The minimum atomic E-state index is -1.03. The third kappa shape index (κ3) is 4.48. The Balaban J connectivity index is 1.44. The molecule has 6 nitrogen and oxygen atoms in total. The highest BCUT2D eigenvalue weighted by Crippen LogP contribution is 2.37. The number of amides is 1. The maximum atomic E-state index is 13.5. The van der Waals surface area contributed by atoms with Gasteiger partial charge >= 0.3 is 0 Å². The first-order valence-corrected chi connectivity index (χ1v) is 10.9. The quantitative estimate of drug-likeness (QED) is 0.288. The van der Waals surface area contributed by atoms with Gasteiger partial charge in [-0.2, -0.15) is 0 Å². The van der Waals surface area contributed by atoms with Crippen molar-refractivity contribution in [1.29, 1.82) is 0 Å². The number of ether oxygens (including phenoxy) is 3. The second-order valence-corrected chi connectivity index (χ2v) is 7.94. The van der Waals surface area contributed by atoms with Crippen LogP contribution in [0.15, 0.2) is 79.0 Å². The van der Waals surface area contributed by atoms with E-state index >= 15 is 0 Å². The van der Waals surface area contributed by atoms with Crippen LogP contribution in [0.1, 0.15) is 10.4 Å².